The maximum atomic E-state index is 10.7. The van der Waals surface area contributed by atoms with Crippen LogP contribution in [0.25, 0.3) is 0 Å². The topological polar surface area (TPSA) is 47.9 Å². The SMILES string of the molecule is CC1(C)C2=NC(O)c3c(Br)cccc3N2c2ccc(C3CCNCC3)cc21. The molecule has 1 saturated heterocycles. The summed E-state index contributed by atoms with van der Waals surface area (Å²) in [6, 6.07) is 13.0. The first kappa shape index (κ1) is 17.4. The fraction of sp³-hybridized carbons (Fsp3) is 0.409. The molecule has 3 heterocycles. The standard InChI is InChI=1S/C22H24BrN3O/c1-22(2)15-12-14(13-8-10-24-11-9-13)6-7-17(15)26-18-5-3-4-16(23)19(18)20(27)25-21(22)26/h3-7,12-13,20,24,27H,8-11H2,1-2H3. The maximum Gasteiger partial charge on any atom is 0.176 e. The first-order valence-corrected chi connectivity index (χ1v) is 10.5. The minimum atomic E-state index is -0.834. The van der Waals surface area contributed by atoms with Crippen LogP contribution in [0.2, 0.25) is 0 Å². The molecular weight excluding hydrogens is 402 g/mol. The highest BCUT2D eigenvalue weighted by Crippen LogP contribution is 2.52. The van der Waals surface area contributed by atoms with E-state index in [4.69, 9.17) is 4.99 Å². The molecule has 0 aliphatic carbocycles. The summed E-state index contributed by atoms with van der Waals surface area (Å²) in [5.41, 5.74) is 5.54. The van der Waals surface area contributed by atoms with Crippen LogP contribution in [0.5, 0.6) is 0 Å². The number of halogens is 1. The number of amidine groups is 1. The van der Waals surface area contributed by atoms with E-state index in [1.54, 1.807) is 0 Å². The Kier molecular flexibility index (Phi) is 3.97. The molecule has 5 rings (SSSR count). The van der Waals surface area contributed by atoms with Crippen LogP contribution < -0.4 is 10.2 Å². The predicted molar refractivity (Wildman–Crippen MR) is 113 cm³/mol. The Labute approximate surface area is 168 Å². The van der Waals surface area contributed by atoms with Crippen molar-refractivity contribution in [1.82, 2.24) is 5.32 Å². The van der Waals surface area contributed by atoms with Gasteiger partial charge < -0.3 is 10.4 Å². The molecule has 0 amide bonds. The molecule has 0 bridgehead atoms. The van der Waals surface area contributed by atoms with E-state index >= 15 is 0 Å². The third kappa shape index (κ3) is 2.52. The molecule has 3 aliphatic heterocycles. The number of nitrogens with one attached hydrogen (secondary N) is 1. The second kappa shape index (κ2) is 6.16. The summed E-state index contributed by atoms with van der Waals surface area (Å²) in [4.78, 5) is 6.94. The Morgan fingerprint density at radius 1 is 1.15 bits per heavy atom. The van der Waals surface area contributed by atoms with E-state index in [1.807, 2.05) is 12.1 Å². The van der Waals surface area contributed by atoms with E-state index in [0.717, 1.165) is 34.6 Å². The first-order valence-electron chi connectivity index (χ1n) is 9.68. The molecule has 2 aromatic carbocycles. The zero-order valence-corrected chi connectivity index (χ0v) is 17.3. The number of nitrogens with zero attached hydrogens (tertiary/aromatic N) is 2. The van der Waals surface area contributed by atoms with E-state index in [1.165, 1.54) is 29.7 Å². The first-order chi connectivity index (χ1) is 13.0. The molecule has 140 valence electrons. The lowest BCUT2D eigenvalue weighted by Crippen LogP contribution is -2.37. The van der Waals surface area contributed by atoms with Crippen molar-refractivity contribution in [3.63, 3.8) is 0 Å². The van der Waals surface area contributed by atoms with E-state index in [-0.39, 0.29) is 5.41 Å². The minimum absolute atomic E-state index is 0.237. The summed E-state index contributed by atoms with van der Waals surface area (Å²) in [6.07, 6.45) is 1.55. The van der Waals surface area contributed by atoms with Crippen molar-refractivity contribution >= 4 is 33.1 Å². The van der Waals surface area contributed by atoms with Crippen molar-refractivity contribution in [3.8, 4) is 0 Å². The lowest BCUT2D eigenvalue weighted by Gasteiger charge is -2.33. The van der Waals surface area contributed by atoms with E-state index in [0.29, 0.717) is 5.92 Å². The second-order valence-electron chi connectivity index (χ2n) is 8.26. The number of hydrogen-bond acceptors (Lipinski definition) is 4. The van der Waals surface area contributed by atoms with Gasteiger partial charge in [-0.2, -0.15) is 0 Å². The molecule has 2 aromatic rings. The van der Waals surface area contributed by atoms with Crippen molar-refractivity contribution in [2.24, 2.45) is 4.99 Å². The number of hydrogen-bond donors (Lipinski definition) is 2. The second-order valence-corrected chi connectivity index (χ2v) is 9.11. The zero-order valence-electron chi connectivity index (χ0n) is 15.7. The highest BCUT2D eigenvalue weighted by molar-refractivity contribution is 9.10. The molecule has 3 aliphatic rings. The van der Waals surface area contributed by atoms with Crippen LogP contribution in [0.15, 0.2) is 45.9 Å². The fourth-order valence-electron chi connectivity index (χ4n) is 4.79. The van der Waals surface area contributed by atoms with Crippen LogP contribution in [0.1, 0.15) is 55.5 Å². The fourth-order valence-corrected chi connectivity index (χ4v) is 5.35. The van der Waals surface area contributed by atoms with Crippen molar-refractivity contribution in [2.45, 2.75) is 44.2 Å². The van der Waals surface area contributed by atoms with Crippen LogP contribution in [0.3, 0.4) is 0 Å². The van der Waals surface area contributed by atoms with Gasteiger partial charge in [0.25, 0.3) is 0 Å². The summed E-state index contributed by atoms with van der Waals surface area (Å²) in [6.45, 7) is 6.62. The molecule has 1 fully saturated rings. The van der Waals surface area contributed by atoms with Crippen molar-refractivity contribution in [1.29, 1.82) is 0 Å². The molecule has 4 nitrogen and oxygen atoms in total. The van der Waals surface area contributed by atoms with Crippen LogP contribution in [-0.2, 0) is 5.41 Å². The Balaban J connectivity index is 1.67. The maximum absolute atomic E-state index is 10.7. The van der Waals surface area contributed by atoms with E-state index in [2.05, 4.69) is 64.3 Å². The van der Waals surface area contributed by atoms with Crippen LogP contribution in [0.4, 0.5) is 11.4 Å². The van der Waals surface area contributed by atoms with Crippen molar-refractivity contribution in [2.75, 3.05) is 18.0 Å². The summed E-state index contributed by atoms with van der Waals surface area (Å²) >= 11 is 3.59. The Morgan fingerprint density at radius 2 is 1.93 bits per heavy atom. The van der Waals surface area contributed by atoms with Gasteiger partial charge >= 0.3 is 0 Å². The van der Waals surface area contributed by atoms with Gasteiger partial charge in [0.05, 0.1) is 11.4 Å². The molecule has 5 heteroatoms. The number of benzene rings is 2. The summed E-state index contributed by atoms with van der Waals surface area (Å²) < 4.78 is 0.896. The van der Waals surface area contributed by atoms with Gasteiger partial charge in [-0.15, -0.1) is 0 Å². The van der Waals surface area contributed by atoms with Gasteiger partial charge in [-0.1, -0.05) is 34.1 Å². The smallest absolute Gasteiger partial charge is 0.176 e. The molecule has 1 atom stereocenters. The highest BCUT2D eigenvalue weighted by Gasteiger charge is 2.46. The Morgan fingerprint density at radius 3 is 2.70 bits per heavy atom. The zero-order chi connectivity index (χ0) is 18.8. The Hall–Kier alpha value is -1.69. The number of rotatable bonds is 1. The third-order valence-corrected chi connectivity index (χ3v) is 6.98. The van der Waals surface area contributed by atoms with Crippen LogP contribution in [-0.4, -0.2) is 24.0 Å². The van der Waals surface area contributed by atoms with Gasteiger partial charge in [0.2, 0.25) is 0 Å². The molecule has 1 unspecified atom stereocenters. The predicted octanol–water partition coefficient (Wildman–Crippen LogP) is 4.75. The minimum Gasteiger partial charge on any atom is -0.368 e. The van der Waals surface area contributed by atoms with Crippen molar-refractivity contribution in [3.05, 3.63) is 57.6 Å². The lowest BCUT2D eigenvalue weighted by molar-refractivity contribution is 0.186. The van der Waals surface area contributed by atoms with Crippen LogP contribution in [0, 0.1) is 0 Å². The van der Waals surface area contributed by atoms with Gasteiger partial charge in [-0.3, -0.25) is 4.90 Å². The van der Waals surface area contributed by atoms with E-state index < -0.39 is 6.23 Å². The summed E-state index contributed by atoms with van der Waals surface area (Å²) in [5, 5.41) is 14.2. The monoisotopic (exact) mass is 425 g/mol. The number of aliphatic imine (C=N–C) groups is 1. The number of anilines is 2. The number of aliphatic hydroxyl groups excluding tert-OH is 1. The largest absolute Gasteiger partial charge is 0.368 e. The van der Waals surface area contributed by atoms with Gasteiger partial charge in [0.1, 0.15) is 5.84 Å². The molecule has 0 aromatic heterocycles. The number of fused-ring (bicyclic) bond motifs is 5. The molecular formula is C22H24BrN3O. The molecule has 0 spiro atoms. The summed E-state index contributed by atoms with van der Waals surface area (Å²) in [7, 11) is 0. The van der Waals surface area contributed by atoms with Gasteiger partial charge in [-0.25, -0.2) is 4.99 Å². The third-order valence-electron chi connectivity index (χ3n) is 6.29. The number of aliphatic hydroxyl groups is 1. The number of piperidine rings is 1. The molecule has 0 radical (unpaired) electrons. The van der Waals surface area contributed by atoms with Gasteiger partial charge in [0, 0.05) is 15.5 Å². The molecule has 27 heavy (non-hydrogen) atoms. The van der Waals surface area contributed by atoms with Crippen LogP contribution >= 0.6 is 15.9 Å². The molecule has 0 saturated carbocycles. The lowest BCUT2D eigenvalue weighted by atomic mass is 9.82. The average molecular weight is 426 g/mol. The normalized spacial score (nSPS) is 23.5. The van der Waals surface area contributed by atoms with Gasteiger partial charge in [-0.05, 0) is 75.0 Å². The summed E-state index contributed by atoms with van der Waals surface area (Å²) in [5.74, 6) is 1.55. The van der Waals surface area contributed by atoms with E-state index in [9.17, 15) is 5.11 Å². The van der Waals surface area contributed by atoms with Gasteiger partial charge in [0.15, 0.2) is 6.23 Å². The molecule has 2 N–H and O–H groups in total. The van der Waals surface area contributed by atoms with Crippen molar-refractivity contribution < 1.29 is 5.11 Å². The Bertz CT molecular complexity index is 947. The average Bonchev–Trinajstić information content (AvgIpc) is 2.90. The quantitative estimate of drug-likeness (QED) is 0.692. The highest BCUT2D eigenvalue weighted by atomic mass is 79.9.